The average Bonchev–Trinajstić information content (AvgIpc) is 2.86. The second-order valence-electron chi connectivity index (χ2n) is 8.53. The highest BCUT2D eigenvalue weighted by molar-refractivity contribution is 7.86. The lowest BCUT2D eigenvalue weighted by Crippen LogP contribution is -2.29. The van der Waals surface area contributed by atoms with E-state index in [0.717, 1.165) is 34.3 Å². The third-order valence-electron chi connectivity index (χ3n) is 5.52. The summed E-state index contributed by atoms with van der Waals surface area (Å²) in [6.45, 7) is 4.81. The minimum absolute atomic E-state index is 0.279. The van der Waals surface area contributed by atoms with Crippen LogP contribution in [0.3, 0.4) is 0 Å². The van der Waals surface area contributed by atoms with E-state index in [2.05, 4.69) is 18.2 Å². The standard InChI is InChI=1S/C29H34O7S/c1-4-33-28(29(30)34-5-2)21-24-13-16-27(25(20-24)19-23-9-7-6-8-10-23)35-18-17-22-11-14-26(15-12-22)36-37(3,31)32/h6-16,20,28H,4-5,17-19,21H2,1-3H3/t28-/m1/s1. The first-order chi connectivity index (χ1) is 17.8. The predicted molar refractivity (Wildman–Crippen MR) is 143 cm³/mol. The Balaban J connectivity index is 1.72. The fourth-order valence-corrected chi connectivity index (χ4v) is 4.34. The van der Waals surface area contributed by atoms with Crippen molar-refractivity contribution < 1.29 is 31.6 Å². The van der Waals surface area contributed by atoms with E-state index in [9.17, 15) is 13.2 Å². The first-order valence-electron chi connectivity index (χ1n) is 12.3. The van der Waals surface area contributed by atoms with E-state index in [1.807, 2.05) is 49.4 Å². The Labute approximate surface area is 219 Å². The highest BCUT2D eigenvalue weighted by Gasteiger charge is 2.21. The molecule has 8 heteroatoms. The normalized spacial score (nSPS) is 12.1. The number of rotatable bonds is 14. The van der Waals surface area contributed by atoms with Crippen LogP contribution in [-0.4, -0.2) is 46.6 Å². The highest BCUT2D eigenvalue weighted by atomic mass is 32.2. The Morgan fingerprint density at radius 3 is 2.22 bits per heavy atom. The van der Waals surface area contributed by atoms with Gasteiger partial charge in [-0.15, -0.1) is 0 Å². The van der Waals surface area contributed by atoms with Crippen molar-refractivity contribution in [2.24, 2.45) is 0 Å². The van der Waals surface area contributed by atoms with Crippen molar-refractivity contribution >= 4 is 16.1 Å². The smallest absolute Gasteiger partial charge is 0.335 e. The second-order valence-corrected chi connectivity index (χ2v) is 10.1. The molecule has 0 radical (unpaired) electrons. The molecule has 0 aromatic heterocycles. The van der Waals surface area contributed by atoms with Crippen LogP contribution in [0.25, 0.3) is 0 Å². The molecular formula is C29H34O7S. The SMILES string of the molecule is CCOC(=O)[C@@H](Cc1ccc(OCCc2ccc(OS(C)(=O)=O)cc2)c(Cc2ccccc2)c1)OCC. The third-order valence-corrected chi connectivity index (χ3v) is 6.02. The van der Waals surface area contributed by atoms with Crippen molar-refractivity contribution in [1.82, 2.24) is 0 Å². The molecule has 0 saturated carbocycles. The molecule has 0 aliphatic rings. The lowest BCUT2D eigenvalue weighted by molar-refractivity contribution is -0.156. The number of hydrogen-bond donors (Lipinski definition) is 0. The van der Waals surface area contributed by atoms with Crippen molar-refractivity contribution in [2.45, 2.75) is 39.2 Å². The summed E-state index contributed by atoms with van der Waals surface area (Å²) in [6.07, 6.45) is 2.09. The van der Waals surface area contributed by atoms with Crippen LogP contribution in [0.15, 0.2) is 72.8 Å². The van der Waals surface area contributed by atoms with Gasteiger partial charge in [-0.05, 0) is 54.3 Å². The maximum Gasteiger partial charge on any atom is 0.335 e. The van der Waals surface area contributed by atoms with Gasteiger partial charge in [0.05, 0.1) is 19.5 Å². The first-order valence-corrected chi connectivity index (χ1v) is 14.1. The van der Waals surface area contributed by atoms with Crippen LogP contribution in [-0.2, 0) is 43.6 Å². The number of ether oxygens (including phenoxy) is 3. The summed E-state index contributed by atoms with van der Waals surface area (Å²) in [6, 6.07) is 23.0. The van der Waals surface area contributed by atoms with E-state index in [1.165, 1.54) is 0 Å². The Bertz CT molecular complexity index is 1240. The van der Waals surface area contributed by atoms with Gasteiger partial charge in [-0.1, -0.05) is 54.6 Å². The van der Waals surface area contributed by atoms with E-state index >= 15 is 0 Å². The van der Waals surface area contributed by atoms with E-state index in [4.69, 9.17) is 18.4 Å². The van der Waals surface area contributed by atoms with E-state index < -0.39 is 16.2 Å². The van der Waals surface area contributed by atoms with Gasteiger partial charge in [0.1, 0.15) is 11.5 Å². The van der Waals surface area contributed by atoms with Crippen molar-refractivity contribution in [3.8, 4) is 11.5 Å². The van der Waals surface area contributed by atoms with E-state index in [1.54, 1.807) is 19.1 Å². The first kappa shape index (κ1) is 28.2. The summed E-state index contributed by atoms with van der Waals surface area (Å²) in [5.41, 5.74) is 4.12. The molecule has 37 heavy (non-hydrogen) atoms. The predicted octanol–water partition coefficient (Wildman–Crippen LogP) is 4.75. The van der Waals surface area contributed by atoms with Gasteiger partial charge in [0, 0.05) is 25.9 Å². The molecule has 0 amide bonds. The van der Waals surface area contributed by atoms with Crippen molar-refractivity contribution in [3.05, 3.63) is 95.1 Å². The van der Waals surface area contributed by atoms with Crippen LogP contribution in [0.4, 0.5) is 0 Å². The number of carbonyl (C=O) groups excluding carboxylic acids is 1. The third kappa shape index (κ3) is 9.55. The minimum atomic E-state index is -3.55. The lowest BCUT2D eigenvalue weighted by atomic mass is 9.99. The Morgan fingerprint density at radius 2 is 1.57 bits per heavy atom. The summed E-state index contributed by atoms with van der Waals surface area (Å²) in [7, 11) is -3.55. The van der Waals surface area contributed by atoms with Gasteiger partial charge >= 0.3 is 16.1 Å². The summed E-state index contributed by atoms with van der Waals surface area (Å²) in [4.78, 5) is 12.3. The molecule has 0 heterocycles. The fourth-order valence-electron chi connectivity index (χ4n) is 3.88. The number of hydrogen-bond acceptors (Lipinski definition) is 7. The van der Waals surface area contributed by atoms with Crippen LogP contribution < -0.4 is 8.92 Å². The van der Waals surface area contributed by atoms with Crippen molar-refractivity contribution in [3.63, 3.8) is 0 Å². The number of carbonyl (C=O) groups is 1. The van der Waals surface area contributed by atoms with Gasteiger partial charge in [-0.25, -0.2) is 4.79 Å². The number of benzene rings is 3. The van der Waals surface area contributed by atoms with Gasteiger partial charge in [-0.3, -0.25) is 0 Å². The number of esters is 1. The Kier molecular flexibility index (Phi) is 10.5. The molecule has 0 N–H and O–H groups in total. The molecule has 0 fully saturated rings. The Hall–Kier alpha value is -3.36. The summed E-state index contributed by atoms with van der Waals surface area (Å²) < 4.78 is 44.5. The molecule has 3 aromatic rings. The zero-order valence-corrected chi connectivity index (χ0v) is 22.3. The summed E-state index contributed by atoms with van der Waals surface area (Å²) in [5, 5.41) is 0. The Morgan fingerprint density at radius 1 is 0.865 bits per heavy atom. The zero-order chi connectivity index (χ0) is 26.7. The van der Waals surface area contributed by atoms with Gasteiger partial charge in [0.2, 0.25) is 0 Å². The molecular weight excluding hydrogens is 492 g/mol. The van der Waals surface area contributed by atoms with Crippen LogP contribution in [0.2, 0.25) is 0 Å². The largest absolute Gasteiger partial charge is 0.493 e. The fraction of sp³-hybridized carbons (Fsp3) is 0.345. The van der Waals surface area contributed by atoms with Gasteiger partial charge in [0.15, 0.2) is 6.10 Å². The second kappa shape index (κ2) is 13.8. The molecule has 0 spiro atoms. The molecule has 3 rings (SSSR count). The van der Waals surface area contributed by atoms with E-state index in [-0.39, 0.29) is 11.7 Å². The van der Waals surface area contributed by atoms with Crippen LogP contribution in [0.1, 0.15) is 36.1 Å². The molecule has 7 nitrogen and oxygen atoms in total. The van der Waals surface area contributed by atoms with Crippen LogP contribution in [0.5, 0.6) is 11.5 Å². The molecule has 0 saturated heterocycles. The minimum Gasteiger partial charge on any atom is -0.493 e. The maximum absolute atomic E-state index is 12.3. The van der Waals surface area contributed by atoms with Crippen molar-refractivity contribution in [1.29, 1.82) is 0 Å². The summed E-state index contributed by atoms with van der Waals surface area (Å²) in [5.74, 6) is 0.692. The van der Waals surface area contributed by atoms with Gasteiger partial charge in [0.25, 0.3) is 0 Å². The topological polar surface area (TPSA) is 88.1 Å². The van der Waals surface area contributed by atoms with Gasteiger partial charge < -0.3 is 18.4 Å². The summed E-state index contributed by atoms with van der Waals surface area (Å²) >= 11 is 0. The molecule has 0 unspecified atom stereocenters. The zero-order valence-electron chi connectivity index (χ0n) is 21.5. The average molecular weight is 527 g/mol. The van der Waals surface area contributed by atoms with Crippen molar-refractivity contribution in [2.75, 3.05) is 26.1 Å². The lowest BCUT2D eigenvalue weighted by Gasteiger charge is -2.18. The highest BCUT2D eigenvalue weighted by Crippen LogP contribution is 2.25. The molecule has 0 bridgehead atoms. The monoisotopic (exact) mass is 526 g/mol. The van der Waals surface area contributed by atoms with Gasteiger partial charge in [-0.2, -0.15) is 8.42 Å². The molecule has 0 aliphatic carbocycles. The van der Waals surface area contributed by atoms with Crippen LogP contribution >= 0.6 is 0 Å². The van der Waals surface area contributed by atoms with Crippen LogP contribution in [0, 0.1) is 0 Å². The molecule has 1 atom stereocenters. The molecule has 0 aliphatic heterocycles. The van der Waals surface area contributed by atoms with E-state index in [0.29, 0.717) is 39.1 Å². The molecule has 198 valence electrons. The maximum atomic E-state index is 12.3. The molecule has 3 aromatic carbocycles. The quantitative estimate of drug-likeness (QED) is 0.221.